The van der Waals surface area contributed by atoms with E-state index in [0.717, 1.165) is 16.3 Å². The van der Waals surface area contributed by atoms with Crippen LogP contribution >= 0.6 is 11.3 Å². The molecule has 0 fully saturated rings. The molecule has 2 aromatic carbocycles. The van der Waals surface area contributed by atoms with Crippen molar-refractivity contribution < 1.29 is 4.79 Å². The van der Waals surface area contributed by atoms with E-state index in [9.17, 15) is 4.79 Å². The second-order valence-electron chi connectivity index (χ2n) is 7.47. The molecular formula is C22H24N2OS. The minimum atomic E-state index is -0.0732. The average Bonchev–Trinajstić information content (AvgIpc) is 3.08. The van der Waals surface area contributed by atoms with Gasteiger partial charge in [0, 0.05) is 16.5 Å². The van der Waals surface area contributed by atoms with Crippen molar-refractivity contribution >= 4 is 17.2 Å². The SMILES string of the molecule is Cc1ccccc1-c1nc(CNC(=O)c2ccc(C(C)(C)C)cc2)cs1. The number of carbonyl (C=O) groups is 1. The number of rotatable bonds is 4. The molecule has 3 aromatic rings. The van der Waals surface area contributed by atoms with Crippen molar-refractivity contribution in [1.29, 1.82) is 0 Å². The first-order chi connectivity index (χ1) is 12.3. The number of hydrogen-bond donors (Lipinski definition) is 1. The summed E-state index contributed by atoms with van der Waals surface area (Å²) in [5, 5.41) is 5.95. The van der Waals surface area contributed by atoms with Gasteiger partial charge in [0.25, 0.3) is 5.91 Å². The maximum atomic E-state index is 12.4. The van der Waals surface area contributed by atoms with Gasteiger partial charge in [-0.25, -0.2) is 4.98 Å². The fourth-order valence-electron chi connectivity index (χ4n) is 2.72. The number of aromatic nitrogens is 1. The molecule has 26 heavy (non-hydrogen) atoms. The molecule has 0 spiro atoms. The minimum absolute atomic E-state index is 0.0732. The van der Waals surface area contributed by atoms with Crippen molar-refractivity contribution in [2.75, 3.05) is 0 Å². The number of amides is 1. The van der Waals surface area contributed by atoms with Crippen molar-refractivity contribution in [1.82, 2.24) is 10.3 Å². The first-order valence-corrected chi connectivity index (χ1v) is 9.62. The topological polar surface area (TPSA) is 42.0 Å². The van der Waals surface area contributed by atoms with Crippen molar-refractivity contribution in [3.05, 3.63) is 76.3 Å². The van der Waals surface area contributed by atoms with Crippen LogP contribution in [0.4, 0.5) is 0 Å². The fraction of sp³-hybridized carbons (Fsp3) is 0.273. The molecule has 3 rings (SSSR count). The Balaban J connectivity index is 1.64. The van der Waals surface area contributed by atoms with Crippen LogP contribution in [0, 0.1) is 6.92 Å². The van der Waals surface area contributed by atoms with Crippen LogP contribution in [0.1, 0.15) is 48.0 Å². The largest absolute Gasteiger partial charge is 0.346 e. The summed E-state index contributed by atoms with van der Waals surface area (Å²) in [4.78, 5) is 17.0. The summed E-state index contributed by atoms with van der Waals surface area (Å²) in [5.41, 5.74) is 5.21. The molecule has 134 valence electrons. The zero-order chi connectivity index (χ0) is 18.7. The van der Waals surface area contributed by atoms with Gasteiger partial charge in [0.15, 0.2) is 0 Å². The summed E-state index contributed by atoms with van der Waals surface area (Å²) in [6, 6.07) is 16.0. The molecule has 3 nitrogen and oxygen atoms in total. The number of benzene rings is 2. The Morgan fingerprint density at radius 1 is 1.08 bits per heavy atom. The van der Waals surface area contributed by atoms with Gasteiger partial charge in [0.2, 0.25) is 0 Å². The predicted molar refractivity (Wildman–Crippen MR) is 109 cm³/mol. The Kier molecular flexibility index (Phi) is 5.23. The van der Waals surface area contributed by atoms with E-state index < -0.39 is 0 Å². The maximum absolute atomic E-state index is 12.4. The van der Waals surface area contributed by atoms with Gasteiger partial charge in [0.1, 0.15) is 5.01 Å². The van der Waals surface area contributed by atoms with E-state index in [1.54, 1.807) is 11.3 Å². The lowest BCUT2D eigenvalue weighted by Crippen LogP contribution is -2.23. The van der Waals surface area contributed by atoms with Crippen LogP contribution in [0.5, 0.6) is 0 Å². The van der Waals surface area contributed by atoms with Crippen LogP contribution < -0.4 is 5.32 Å². The molecule has 4 heteroatoms. The highest BCUT2D eigenvalue weighted by Crippen LogP contribution is 2.26. The highest BCUT2D eigenvalue weighted by molar-refractivity contribution is 7.13. The first kappa shape index (κ1) is 18.3. The number of carbonyl (C=O) groups excluding carboxylic acids is 1. The van der Waals surface area contributed by atoms with E-state index >= 15 is 0 Å². The molecule has 0 saturated heterocycles. The molecule has 0 unspecified atom stereocenters. The third-order valence-corrected chi connectivity index (χ3v) is 5.29. The standard InChI is InChI=1S/C22H24N2OS/c1-15-7-5-6-8-19(15)21-24-18(14-26-21)13-23-20(25)16-9-11-17(12-10-16)22(2,3)4/h5-12,14H,13H2,1-4H3,(H,23,25). The number of thiazole rings is 1. The lowest BCUT2D eigenvalue weighted by molar-refractivity contribution is 0.0950. The Hall–Kier alpha value is -2.46. The van der Waals surface area contributed by atoms with Crippen molar-refractivity contribution in [2.45, 2.75) is 39.7 Å². The molecule has 1 N–H and O–H groups in total. The molecule has 0 aliphatic rings. The van der Waals surface area contributed by atoms with Crippen LogP contribution in [0.3, 0.4) is 0 Å². The molecule has 1 amide bonds. The molecule has 0 radical (unpaired) electrons. The van der Waals surface area contributed by atoms with Gasteiger partial charge in [-0.2, -0.15) is 0 Å². The first-order valence-electron chi connectivity index (χ1n) is 8.74. The number of aryl methyl sites for hydroxylation is 1. The fourth-order valence-corrected chi connectivity index (χ4v) is 3.63. The van der Waals surface area contributed by atoms with Gasteiger partial charge in [-0.3, -0.25) is 4.79 Å². The molecule has 0 saturated carbocycles. The summed E-state index contributed by atoms with van der Waals surface area (Å²) in [6.07, 6.45) is 0. The zero-order valence-corrected chi connectivity index (χ0v) is 16.5. The van der Waals surface area contributed by atoms with E-state index in [-0.39, 0.29) is 11.3 Å². The van der Waals surface area contributed by atoms with Crippen molar-refractivity contribution in [2.24, 2.45) is 0 Å². The second kappa shape index (κ2) is 7.42. The third-order valence-electron chi connectivity index (χ3n) is 4.37. The number of nitrogens with zero attached hydrogens (tertiary/aromatic N) is 1. The predicted octanol–water partition coefficient (Wildman–Crippen LogP) is 5.35. The minimum Gasteiger partial charge on any atom is -0.346 e. The lowest BCUT2D eigenvalue weighted by atomic mass is 9.87. The molecule has 0 atom stereocenters. The summed E-state index contributed by atoms with van der Waals surface area (Å²) in [5.74, 6) is -0.0732. The summed E-state index contributed by atoms with van der Waals surface area (Å²) < 4.78 is 0. The Morgan fingerprint density at radius 2 is 1.77 bits per heavy atom. The molecule has 1 heterocycles. The zero-order valence-electron chi connectivity index (χ0n) is 15.7. The van der Waals surface area contributed by atoms with Crippen LogP contribution in [0.15, 0.2) is 53.9 Å². The highest BCUT2D eigenvalue weighted by Gasteiger charge is 2.14. The summed E-state index contributed by atoms with van der Waals surface area (Å²) in [7, 11) is 0. The Morgan fingerprint density at radius 3 is 2.42 bits per heavy atom. The van der Waals surface area contributed by atoms with E-state index in [1.165, 1.54) is 11.1 Å². The Bertz CT molecular complexity index is 904. The maximum Gasteiger partial charge on any atom is 0.251 e. The van der Waals surface area contributed by atoms with E-state index in [4.69, 9.17) is 0 Å². The van der Waals surface area contributed by atoms with Crippen LogP contribution in [0.2, 0.25) is 0 Å². The van der Waals surface area contributed by atoms with E-state index in [1.807, 2.05) is 41.8 Å². The average molecular weight is 365 g/mol. The summed E-state index contributed by atoms with van der Waals surface area (Å²) >= 11 is 1.61. The molecule has 0 bridgehead atoms. The van der Waals surface area contributed by atoms with Crippen molar-refractivity contribution in [3.63, 3.8) is 0 Å². The second-order valence-corrected chi connectivity index (χ2v) is 8.33. The van der Waals surface area contributed by atoms with Crippen LogP contribution in [-0.4, -0.2) is 10.9 Å². The van der Waals surface area contributed by atoms with Gasteiger partial charge in [-0.05, 0) is 35.6 Å². The quantitative estimate of drug-likeness (QED) is 0.678. The van der Waals surface area contributed by atoms with Crippen molar-refractivity contribution in [3.8, 4) is 10.6 Å². The van der Waals surface area contributed by atoms with Gasteiger partial charge >= 0.3 is 0 Å². The Labute approximate surface area is 159 Å². The van der Waals surface area contributed by atoms with Gasteiger partial charge in [-0.15, -0.1) is 11.3 Å². The van der Waals surface area contributed by atoms with Gasteiger partial charge in [-0.1, -0.05) is 57.2 Å². The smallest absolute Gasteiger partial charge is 0.251 e. The lowest BCUT2D eigenvalue weighted by Gasteiger charge is -2.19. The molecule has 0 aliphatic carbocycles. The molecule has 0 aliphatic heterocycles. The van der Waals surface area contributed by atoms with Crippen LogP contribution in [-0.2, 0) is 12.0 Å². The van der Waals surface area contributed by atoms with Gasteiger partial charge < -0.3 is 5.32 Å². The molecular weight excluding hydrogens is 340 g/mol. The van der Waals surface area contributed by atoms with Crippen LogP contribution in [0.25, 0.3) is 10.6 Å². The monoisotopic (exact) mass is 364 g/mol. The summed E-state index contributed by atoms with van der Waals surface area (Å²) in [6.45, 7) is 9.00. The third kappa shape index (κ3) is 4.20. The van der Waals surface area contributed by atoms with Gasteiger partial charge in [0.05, 0.1) is 12.2 Å². The number of hydrogen-bond acceptors (Lipinski definition) is 3. The normalized spacial score (nSPS) is 11.4. The number of nitrogens with one attached hydrogen (secondary N) is 1. The molecule has 1 aromatic heterocycles. The van der Waals surface area contributed by atoms with E-state index in [2.05, 4.69) is 50.1 Å². The van der Waals surface area contributed by atoms with E-state index in [0.29, 0.717) is 12.1 Å². The highest BCUT2D eigenvalue weighted by atomic mass is 32.1.